The van der Waals surface area contributed by atoms with Gasteiger partial charge in [0.25, 0.3) is 0 Å². The summed E-state index contributed by atoms with van der Waals surface area (Å²) in [6.45, 7) is 7.63. The summed E-state index contributed by atoms with van der Waals surface area (Å²) < 4.78 is 1.88. The van der Waals surface area contributed by atoms with Gasteiger partial charge in [-0.2, -0.15) is 5.10 Å². The molecule has 1 unspecified atom stereocenters. The Morgan fingerprint density at radius 2 is 2.00 bits per heavy atom. The van der Waals surface area contributed by atoms with E-state index in [0.717, 1.165) is 31.5 Å². The smallest absolute Gasteiger partial charge is 0.0640 e. The summed E-state index contributed by atoms with van der Waals surface area (Å²) in [4.78, 5) is 0. The molecule has 1 N–H and O–H groups in total. The van der Waals surface area contributed by atoms with Crippen LogP contribution >= 0.6 is 0 Å². The van der Waals surface area contributed by atoms with Crippen molar-refractivity contribution in [2.24, 2.45) is 7.05 Å². The number of aryl methyl sites for hydroxylation is 3. The highest BCUT2D eigenvalue weighted by atomic mass is 15.2. The summed E-state index contributed by atoms with van der Waals surface area (Å²) in [5.74, 6) is 0. The molecule has 2 rings (SSSR count). The van der Waals surface area contributed by atoms with Gasteiger partial charge in [0.1, 0.15) is 0 Å². The average Bonchev–Trinajstić information content (AvgIpc) is 2.85. The quantitative estimate of drug-likeness (QED) is 0.846. The van der Waals surface area contributed by atoms with E-state index in [1.54, 1.807) is 0 Å². The molecule has 1 atom stereocenters. The maximum absolute atomic E-state index is 4.52. The average molecular weight is 285 g/mol. The number of rotatable bonds is 7. The fourth-order valence-electron chi connectivity index (χ4n) is 2.68. The molecular weight excluding hydrogens is 258 g/mol. The van der Waals surface area contributed by atoms with Crippen LogP contribution in [0.2, 0.25) is 0 Å². The second kappa shape index (κ2) is 7.41. The lowest BCUT2D eigenvalue weighted by atomic mass is 9.96. The van der Waals surface area contributed by atoms with Crippen molar-refractivity contribution in [2.45, 2.75) is 46.1 Å². The first-order chi connectivity index (χ1) is 10.1. The molecule has 0 aliphatic rings. The van der Waals surface area contributed by atoms with Gasteiger partial charge < -0.3 is 5.32 Å². The normalized spacial score (nSPS) is 12.6. The van der Waals surface area contributed by atoms with Crippen molar-refractivity contribution >= 4 is 0 Å². The first-order valence-corrected chi connectivity index (χ1v) is 7.86. The zero-order valence-corrected chi connectivity index (χ0v) is 13.7. The van der Waals surface area contributed by atoms with Gasteiger partial charge in [-0.1, -0.05) is 30.7 Å². The van der Waals surface area contributed by atoms with E-state index >= 15 is 0 Å². The van der Waals surface area contributed by atoms with E-state index in [1.807, 2.05) is 17.9 Å². The molecule has 0 bridgehead atoms. The third kappa shape index (κ3) is 4.71. The van der Waals surface area contributed by atoms with Gasteiger partial charge in [-0.25, -0.2) is 0 Å². The Kier molecular flexibility index (Phi) is 5.57. The Hall–Kier alpha value is -1.61. The minimum atomic E-state index is 0.445. The number of hydrogen-bond acceptors (Lipinski definition) is 2. The van der Waals surface area contributed by atoms with Gasteiger partial charge in [0.05, 0.1) is 5.69 Å². The lowest BCUT2D eigenvalue weighted by Gasteiger charge is -2.19. The first-order valence-electron chi connectivity index (χ1n) is 7.86. The van der Waals surface area contributed by atoms with E-state index in [0.29, 0.717) is 6.04 Å². The number of nitrogens with one attached hydrogen (secondary N) is 1. The van der Waals surface area contributed by atoms with Crippen molar-refractivity contribution in [3.05, 3.63) is 52.8 Å². The Bertz CT molecular complexity index is 572. The molecule has 1 heterocycles. The fraction of sp³-hybridized carbons (Fsp3) is 0.500. The second-order valence-electron chi connectivity index (χ2n) is 5.97. The Morgan fingerprint density at radius 3 is 2.67 bits per heavy atom. The Labute approximate surface area is 128 Å². The van der Waals surface area contributed by atoms with Crippen LogP contribution < -0.4 is 5.32 Å². The monoisotopic (exact) mass is 285 g/mol. The molecule has 2 aromatic rings. The fourth-order valence-corrected chi connectivity index (χ4v) is 2.68. The summed E-state index contributed by atoms with van der Waals surface area (Å²) in [6, 6.07) is 9.28. The van der Waals surface area contributed by atoms with Crippen LogP contribution in [-0.4, -0.2) is 22.4 Å². The third-order valence-corrected chi connectivity index (χ3v) is 3.88. The van der Waals surface area contributed by atoms with Crippen molar-refractivity contribution in [3.63, 3.8) is 0 Å². The number of benzene rings is 1. The number of nitrogens with zero attached hydrogens (tertiary/aromatic N) is 2. The van der Waals surface area contributed by atoms with Crippen molar-refractivity contribution < 1.29 is 0 Å². The molecule has 1 aromatic heterocycles. The minimum Gasteiger partial charge on any atom is -0.313 e. The molecule has 21 heavy (non-hydrogen) atoms. The van der Waals surface area contributed by atoms with Crippen LogP contribution in [0.5, 0.6) is 0 Å². The number of hydrogen-bond donors (Lipinski definition) is 1. The van der Waals surface area contributed by atoms with Gasteiger partial charge in [0.2, 0.25) is 0 Å². The molecule has 3 nitrogen and oxygen atoms in total. The molecular formula is C18H27N3. The summed E-state index contributed by atoms with van der Waals surface area (Å²) in [5.41, 5.74) is 5.32. The number of aromatic nitrogens is 2. The molecule has 0 aliphatic carbocycles. The van der Waals surface area contributed by atoms with Crippen molar-refractivity contribution in [1.82, 2.24) is 15.1 Å². The van der Waals surface area contributed by atoms with Gasteiger partial charge in [-0.05, 0) is 50.4 Å². The molecule has 114 valence electrons. The molecule has 0 saturated carbocycles. The lowest BCUT2D eigenvalue weighted by Crippen LogP contribution is -2.34. The van der Waals surface area contributed by atoms with Gasteiger partial charge in [-0.15, -0.1) is 0 Å². The second-order valence-corrected chi connectivity index (χ2v) is 5.97. The predicted octanol–water partition coefficient (Wildman–Crippen LogP) is 3.19. The van der Waals surface area contributed by atoms with Crippen LogP contribution in [0.4, 0.5) is 0 Å². The SMILES string of the molecule is CCCNC(Cc1ccn(C)n1)Cc1cc(C)ccc1C. The summed E-state index contributed by atoms with van der Waals surface area (Å²) in [7, 11) is 1.97. The first kappa shape index (κ1) is 15.8. The standard InChI is InChI=1S/C18H27N3/c1-5-9-19-18(13-17-8-10-21(4)20-17)12-16-11-14(2)6-7-15(16)3/h6-8,10-11,18-19H,5,9,12-13H2,1-4H3. The van der Waals surface area contributed by atoms with Gasteiger partial charge in [0.15, 0.2) is 0 Å². The molecule has 0 fully saturated rings. The molecule has 0 radical (unpaired) electrons. The Morgan fingerprint density at radius 1 is 1.19 bits per heavy atom. The van der Waals surface area contributed by atoms with Crippen LogP contribution in [0, 0.1) is 13.8 Å². The Balaban J connectivity index is 2.09. The van der Waals surface area contributed by atoms with Crippen molar-refractivity contribution in [3.8, 4) is 0 Å². The molecule has 3 heteroatoms. The van der Waals surface area contributed by atoms with E-state index in [9.17, 15) is 0 Å². The predicted molar refractivity (Wildman–Crippen MR) is 88.6 cm³/mol. The molecule has 0 amide bonds. The maximum Gasteiger partial charge on any atom is 0.0640 e. The summed E-state index contributed by atoms with van der Waals surface area (Å²) >= 11 is 0. The van der Waals surface area contributed by atoms with Crippen LogP contribution in [0.3, 0.4) is 0 Å². The van der Waals surface area contributed by atoms with E-state index in [2.05, 4.69) is 55.5 Å². The lowest BCUT2D eigenvalue weighted by molar-refractivity contribution is 0.497. The summed E-state index contributed by atoms with van der Waals surface area (Å²) in [6.07, 6.45) is 5.22. The maximum atomic E-state index is 4.52. The minimum absolute atomic E-state index is 0.445. The molecule has 0 aliphatic heterocycles. The van der Waals surface area contributed by atoms with E-state index < -0.39 is 0 Å². The zero-order valence-electron chi connectivity index (χ0n) is 13.7. The topological polar surface area (TPSA) is 29.9 Å². The highest BCUT2D eigenvalue weighted by Crippen LogP contribution is 2.14. The molecule has 0 saturated heterocycles. The third-order valence-electron chi connectivity index (χ3n) is 3.88. The van der Waals surface area contributed by atoms with Crippen LogP contribution in [0.15, 0.2) is 30.5 Å². The van der Waals surface area contributed by atoms with Crippen molar-refractivity contribution in [1.29, 1.82) is 0 Å². The van der Waals surface area contributed by atoms with Crippen LogP contribution in [0.1, 0.15) is 35.7 Å². The van der Waals surface area contributed by atoms with E-state index in [4.69, 9.17) is 0 Å². The van der Waals surface area contributed by atoms with E-state index in [1.165, 1.54) is 16.7 Å². The highest BCUT2D eigenvalue weighted by Gasteiger charge is 2.13. The van der Waals surface area contributed by atoms with Gasteiger partial charge >= 0.3 is 0 Å². The van der Waals surface area contributed by atoms with E-state index in [-0.39, 0.29) is 0 Å². The van der Waals surface area contributed by atoms with Gasteiger partial charge in [0, 0.05) is 25.7 Å². The largest absolute Gasteiger partial charge is 0.313 e. The van der Waals surface area contributed by atoms with Crippen molar-refractivity contribution in [2.75, 3.05) is 6.54 Å². The van der Waals surface area contributed by atoms with Crippen LogP contribution in [0.25, 0.3) is 0 Å². The molecule has 0 spiro atoms. The van der Waals surface area contributed by atoms with Crippen LogP contribution in [-0.2, 0) is 19.9 Å². The van der Waals surface area contributed by atoms with Gasteiger partial charge in [-0.3, -0.25) is 4.68 Å². The molecule has 1 aromatic carbocycles. The zero-order chi connectivity index (χ0) is 15.2. The summed E-state index contributed by atoms with van der Waals surface area (Å²) in [5, 5.41) is 8.19. The highest BCUT2D eigenvalue weighted by molar-refractivity contribution is 5.31.